The lowest BCUT2D eigenvalue weighted by atomic mass is 10.0. The monoisotopic (exact) mass is 299 g/mol. The number of imide groups is 1. The van der Waals surface area contributed by atoms with E-state index in [0.29, 0.717) is 11.1 Å². The number of amides is 2. The molecule has 2 aromatic rings. The molecule has 3 nitrogen and oxygen atoms in total. The van der Waals surface area contributed by atoms with E-state index < -0.39 is 0 Å². The van der Waals surface area contributed by atoms with Crippen LogP contribution < -0.4 is 5.32 Å². The highest BCUT2D eigenvalue weighted by molar-refractivity contribution is 7.17. The molecule has 0 unspecified atom stereocenters. The third kappa shape index (κ3) is 2.54. The molecule has 21 heavy (non-hydrogen) atoms. The molecule has 2 heterocycles. The minimum atomic E-state index is -0.317. The fourth-order valence-electron chi connectivity index (χ4n) is 2.22. The average molecular weight is 299 g/mol. The van der Waals surface area contributed by atoms with Crippen LogP contribution in [0.4, 0.5) is 0 Å². The SMILES string of the molecule is C.C/C=C1/C(=O)NC(=O)c2cc(-c3ccc(C)cc3)sc21. The Balaban J connectivity index is 0.00000161. The van der Waals surface area contributed by atoms with Gasteiger partial charge >= 0.3 is 0 Å². The van der Waals surface area contributed by atoms with Crippen molar-refractivity contribution in [1.82, 2.24) is 5.32 Å². The Bertz CT molecular complexity index is 739. The number of carbonyl (C=O) groups excluding carboxylic acids is 2. The molecule has 0 fully saturated rings. The lowest BCUT2D eigenvalue weighted by Gasteiger charge is -2.13. The van der Waals surface area contributed by atoms with Gasteiger partial charge in [0.2, 0.25) is 0 Å². The Morgan fingerprint density at radius 3 is 2.38 bits per heavy atom. The van der Waals surface area contributed by atoms with Crippen LogP contribution in [-0.4, -0.2) is 11.8 Å². The Labute approximate surface area is 128 Å². The van der Waals surface area contributed by atoms with Crippen molar-refractivity contribution in [1.29, 1.82) is 0 Å². The van der Waals surface area contributed by atoms with Crippen molar-refractivity contribution in [3.05, 3.63) is 52.4 Å². The summed E-state index contributed by atoms with van der Waals surface area (Å²) in [4.78, 5) is 25.5. The topological polar surface area (TPSA) is 46.2 Å². The number of allylic oxidation sites excluding steroid dienone is 1. The first-order valence-electron chi connectivity index (χ1n) is 6.33. The second-order valence-electron chi connectivity index (χ2n) is 4.71. The lowest BCUT2D eigenvalue weighted by Crippen LogP contribution is -2.35. The zero-order valence-corrected chi connectivity index (χ0v) is 12.0. The molecule has 2 amide bonds. The Morgan fingerprint density at radius 2 is 1.76 bits per heavy atom. The summed E-state index contributed by atoms with van der Waals surface area (Å²) >= 11 is 1.48. The van der Waals surface area contributed by atoms with Crippen molar-refractivity contribution in [3.8, 4) is 10.4 Å². The number of rotatable bonds is 1. The van der Waals surface area contributed by atoms with Gasteiger partial charge in [-0.3, -0.25) is 14.9 Å². The average Bonchev–Trinajstić information content (AvgIpc) is 2.85. The van der Waals surface area contributed by atoms with Gasteiger partial charge in [-0.05, 0) is 25.5 Å². The summed E-state index contributed by atoms with van der Waals surface area (Å²) < 4.78 is 0. The van der Waals surface area contributed by atoms with Crippen LogP contribution >= 0.6 is 11.3 Å². The summed E-state index contributed by atoms with van der Waals surface area (Å²) in [5.41, 5.74) is 3.41. The molecule has 1 aromatic carbocycles. The van der Waals surface area contributed by atoms with E-state index in [1.807, 2.05) is 37.3 Å². The molecular formula is C17H17NO2S. The third-order valence-corrected chi connectivity index (χ3v) is 4.54. The van der Waals surface area contributed by atoms with Crippen molar-refractivity contribution in [2.45, 2.75) is 21.3 Å². The summed E-state index contributed by atoms with van der Waals surface area (Å²) in [5, 5.41) is 2.37. The highest BCUT2D eigenvalue weighted by Gasteiger charge is 2.29. The van der Waals surface area contributed by atoms with Crippen molar-refractivity contribution < 1.29 is 9.59 Å². The minimum Gasteiger partial charge on any atom is -0.288 e. The first kappa shape index (κ1) is 15.2. The van der Waals surface area contributed by atoms with Crippen LogP contribution in [0.2, 0.25) is 0 Å². The van der Waals surface area contributed by atoms with Gasteiger partial charge < -0.3 is 0 Å². The van der Waals surface area contributed by atoms with E-state index in [4.69, 9.17) is 0 Å². The fraction of sp³-hybridized carbons (Fsp3) is 0.176. The van der Waals surface area contributed by atoms with Crippen molar-refractivity contribution in [2.24, 2.45) is 0 Å². The van der Waals surface area contributed by atoms with Crippen LogP contribution in [0.3, 0.4) is 0 Å². The van der Waals surface area contributed by atoms with Crippen LogP contribution in [-0.2, 0) is 4.79 Å². The summed E-state index contributed by atoms with van der Waals surface area (Å²) in [6, 6.07) is 9.99. The predicted octanol–water partition coefficient (Wildman–Crippen LogP) is 4.03. The molecule has 0 aliphatic carbocycles. The number of fused-ring (bicyclic) bond motifs is 1. The summed E-state index contributed by atoms with van der Waals surface area (Å²) in [7, 11) is 0. The van der Waals surface area contributed by atoms with Gasteiger partial charge in [0.25, 0.3) is 11.8 Å². The van der Waals surface area contributed by atoms with Gasteiger partial charge in [0, 0.05) is 4.88 Å². The maximum atomic E-state index is 11.9. The predicted molar refractivity (Wildman–Crippen MR) is 87.3 cm³/mol. The van der Waals surface area contributed by atoms with E-state index in [-0.39, 0.29) is 19.2 Å². The normalized spacial score (nSPS) is 15.4. The maximum Gasteiger partial charge on any atom is 0.259 e. The standard InChI is InChI=1S/C16H13NO2S.CH4/c1-3-11-14-12(16(19)17-15(11)18)8-13(20-14)10-6-4-9(2)5-7-10;/h3-8H,1-2H3,(H,17,18,19);1H4/b11-3+;. The zero-order chi connectivity index (χ0) is 14.3. The van der Waals surface area contributed by atoms with Gasteiger partial charge in [0.1, 0.15) is 0 Å². The highest BCUT2D eigenvalue weighted by atomic mass is 32.1. The molecule has 0 spiro atoms. The van der Waals surface area contributed by atoms with E-state index in [1.54, 1.807) is 13.0 Å². The van der Waals surface area contributed by atoms with Crippen LogP contribution in [0, 0.1) is 6.92 Å². The molecule has 1 aliphatic rings. The molecule has 3 rings (SSSR count). The molecule has 0 saturated carbocycles. The molecule has 0 bridgehead atoms. The number of hydrogen-bond acceptors (Lipinski definition) is 3. The third-order valence-electron chi connectivity index (χ3n) is 3.32. The van der Waals surface area contributed by atoms with Gasteiger partial charge in [-0.15, -0.1) is 11.3 Å². The van der Waals surface area contributed by atoms with E-state index in [9.17, 15) is 9.59 Å². The Kier molecular flexibility index (Phi) is 4.09. The van der Waals surface area contributed by atoms with E-state index in [2.05, 4.69) is 5.32 Å². The highest BCUT2D eigenvalue weighted by Crippen LogP contribution is 2.37. The number of carbonyl (C=O) groups is 2. The van der Waals surface area contributed by atoms with Gasteiger partial charge in [0.15, 0.2) is 0 Å². The number of thiophene rings is 1. The molecule has 108 valence electrons. The van der Waals surface area contributed by atoms with Gasteiger partial charge in [-0.25, -0.2) is 0 Å². The van der Waals surface area contributed by atoms with Gasteiger partial charge in [-0.1, -0.05) is 43.3 Å². The van der Waals surface area contributed by atoms with Crippen LogP contribution in [0.15, 0.2) is 36.4 Å². The summed E-state index contributed by atoms with van der Waals surface area (Å²) in [6.45, 7) is 3.84. The van der Waals surface area contributed by atoms with Crippen LogP contribution in [0.5, 0.6) is 0 Å². The first-order valence-corrected chi connectivity index (χ1v) is 7.15. The van der Waals surface area contributed by atoms with E-state index in [1.165, 1.54) is 16.9 Å². The van der Waals surface area contributed by atoms with Crippen LogP contribution in [0.25, 0.3) is 16.0 Å². The smallest absolute Gasteiger partial charge is 0.259 e. The van der Waals surface area contributed by atoms with Crippen molar-refractivity contribution >= 4 is 28.7 Å². The molecule has 1 N–H and O–H groups in total. The fourth-order valence-corrected chi connectivity index (χ4v) is 3.46. The second-order valence-corrected chi connectivity index (χ2v) is 5.76. The van der Waals surface area contributed by atoms with Gasteiger partial charge in [0.05, 0.1) is 16.0 Å². The van der Waals surface area contributed by atoms with Gasteiger partial charge in [-0.2, -0.15) is 0 Å². The van der Waals surface area contributed by atoms with Crippen molar-refractivity contribution in [3.63, 3.8) is 0 Å². The molecule has 1 aromatic heterocycles. The molecular weight excluding hydrogens is 282 g/mol. The van der Waals surface area contributed by atoms with E-state index in [0.717, 1.165) is 15.3 Å². The number of hydrogen-bond donors (Lipinski definition) is 1. The second kappa shape index (κ2) is 5.66. The van der Waals surface area contributed by atoms with Crippen LogP contribution in [0.1, 0.15) is 35.1 Å². The Morgan fingerprint density at radius 1 is 1.10 bits per heavy atom. The quantitative estimate of drug-likeness (QED) is 0.638. The molecule has 0 atom stereocenters. The molecule has 0 radical (unpaired) electrons. The zero-order valence-electron chi connectivity index (χ0n) is 11.2. The molecule has 4 heteroatoms. The lowest BCUT2D eigenvalue weighted by molar-refractivity contribution is -0.114. The minimum absolute atomic E-state index is 0. The number of benzene rings is 1. The van der Waals surface area contributed by atoms with E-state index >= 15 is 0 Å². The first-order chi connectivity index (χ1) is 9.60. The summed E-state index contributed by atoms with van der Waals surface area (Å²) in [5.74, 6) is -0.632. The molecule has 1 aliphatic heterocycles. The van der Waals surface area contributed by atoms with Crippen molar-refractivity contribution in [2.75, 3.05) is 0 Å². The summed E-state index contributed by atoms with van der Waals surface area (Å²) in [6.07, 6.45) is 1.75. The Hall–Kier alpha value is -2.20. The number of nitrogens with one attached hydrogen (secondary N) is 1. The number of aryl methyl sites for hydroxylation is 1. The maximum absolute atomic E-state index is 11.9. The molecule has 0 saturated heterocycles. The largest absolute Gasteiger partial charge is 0.288 e.